The largest absolute Gasteiger partial charge is 0.507 e. The van der Waals surface area contributed by atoms with Gasteiger partial charge in [0.15, 0.2) is 0 Å². The fourth-order valence-corrected chi connectivity index (χ4v) is 3.83. The molecule has 3 aromatic rings. The number of hydrogen-bond donors (Lipinski definition) is 1. The zero-order chi connectivity index (χ0) is 24.2. The van der Waals surface area contributed by atoms with E-state index in [2.05, 4.69) is 0 Å². The number of rotatable bonds is 8. The van der Waals surface area contributed by atoms with Gasteiger partial charge in [0.25, 0.3) is 11.7 Å². The van der Waals surface area contributed by atoms with Gasteiger partial charge in [-0.25, -0.2) is 0 Å². The summed E-state index contributed by atoms with van der Waals surface area (Å²) in [5.74, 6) is -0.0862. The van der Waals surface area contributed by atoms with Crippen LogP contribution in [0.2, 0.25) is 0 Å². The summed E-state index contributed by atoms with van der Waals surface area (Å²) in [6.07, 6.45) is 2.31. The Hall–Kier alpha value is -4.20. The lowest BCUT2D eigenvalue weighted by molar-refractivity contribution is -0.132. The second-order valence-electron chi connectivity index (χ2n) is 7.63. The molecule has 0 radical (unpaired) electrons. The first-order chi connectivity index (χ1) is 16.5. The SMILES string of the molecule is CCCOc1ccc(/C(O)=C2/C(=O)C(=O)N(c3cc(OC)cc(OC)c3)C2c2ccco2)cc1. The van der Waals surface area contributed by atoms with Gasteiger partial charge in [-0.1, -0.05) is 6.92 Å². The molecule has 0 bridgehead atoms. The van der Waals surface area contributed by atoms with Crippen LogP contribution < -0.4 is 19.1 Å². The third kappa shape index (κ3) is 4.22. The third-order valence-corrected chi connectivity index (χ3v) is 5.47. The van der Waals surface area contributed by atoms with E-state index in [1.165, 1.54) is 25.4 Å². The van der Waals surface area contributed by atoms with Gasteiger partial charge in [-0.2, -0.15) is 0 Å². The highest BCUT2D eigenvalue weighted by molar-refractivity contribution is 6.51. The zero-order valence-corrected chi connectivity index (χ0v) is 19.1. The molecule has 2 heterocycles. The van der Waals surface area contributed by atoms with Gasteiger partial charge < -0.3 is 23.7 Å². The van der Waals surface area contributed by atoms with Crippen molar-refractivity contribution in [3.8, 4) is 17.2 Å². The van der Waals surface area contributed by atoms with Crippen molar-refractivity contribution in [2.45, 2.75) is 19.4 Å². The van der Waals surface area contributed by atoms with E-state index >= 15 is 0 Å². The summed E-state index contributed by atoms with van der Waals surface area (Å²) in [7, 11) is 2.98. The molecule has 1 amide bonds. The molecule has 1 fully saturated rings. The molecule has 1 unspecified atom stereocenters. The lowest BCUT2D eigenvalue weighted by Crippen LogP contribution is -2.29. The Kier molecular flexibility index (Phi) is 6.58. The van der Waals surface area contributed by atoms with Crippen molar-refractivity contribution >= 4 is 23.1 Å². The summed E-state index contributed by atoms with van der Waals surface area (Å²) in [6.45, 7) is 2.57. The van der Waals surface area contributed by atoms with E-state index in [1.54, 1.807) is 54.6 Å². The third-order valence-electron chi connectivity index (χ3n) is 5.47. The van der Waals surface area contributed by atoms with Gasteiger partial charge in [-0.3, -0.25) is 14.5 Å². The lowest BCUT2D eigenvalue weighted by atomic mass is 9.99. The Morgan fingerprint density at radius 3 is 2.24 bits per heavy atom. The van der Waals surface area contributed by atoms with Crippen LogP contribution in [-0.4, -0.2) is 37.6 Å². The van der Waals surface area contributed by atoms with E-state index in [9.17, 15) is 14.7 Å². The van der Waals surface area contributed by atoms with Gasteiger partial charge in [-0.05, 0) is 42.8 Å². The number of benzene rings is 2. The summed E-state index contributed by atoms with van der Waals surface area (Å²) < 4.78 is 21.8. The lowest BCUT2D eigenvalue weighted by Gasteiger charge is -2.24. The number of nitrogens with zero attached hydrogens (tertiary/aromatic N) is 1. The number of anilines is 1. The number of Topliss-reactive ketones (excluding diaryl/α,β-unsaturated/α-hetero) is 1. The number of ketones is 1. The van der Waals surface area contributed by atoms with Crippen molar-refractivity contribution in [1.29, 1.82) is 0 Å². The average molecular weight is 463 g/mol. The number of methoxy groups -OCH3 is 2. The van der Waals surface area contributed by atoms with Crippen LogP contribution in [0.5, 0.6) is 17.2 Å². The molecule has 8 heteroatoms. The summed E-state index contributed by atoms with van der Waals surface area (Å²) in [4.78, 5) is 27.7. The quantitative estimate of drug-likeness (QED) is 0.293. The number of ether oxygens (including phenoxy) is 3. The van der Waals surface area contributed by atoms with Gasteiger partial charge in [0.2, 0.25) is 0 Å². The fourth-order valence-electron chi connectivity index (χ4n) is 3.83. The molecular formula is C26H25NO7. The molecule has 1 atom stereocenters. The monoisotopic (exact) mass is 463 g/mol. The molecule has 1 aliphatic heterocycles. The minimum atomic E-state index is -0.983. The van der Waals surface area contributed by atoms with E-state index in [4.69, 9.17) is 18.6 Å². The highest BCUT2D eigenvalue weighted by Gasteiger charge is 2.48. The van der Waals surface area contributed by atoms with Crippen LogP contribution >= 0.6 is 0 Å². The highest BCUT2D eigenvalue weighted by atomic mass is 16.5. The molecule has 0 aliphatic carbocycles. The maximum absolute atomic E-state index is 13.2. The molecule has 176 valence electrons. The fraction of sp³-hybridized carbons (Fsp3) is 0.231. The summed E-state index contributed by atoms with van der Waals surface area (Å²) in [5, 5.41) is 11.2. The van der Waals surface area contributed by atoms with Crippen LogP contribution in [0.25, 0.3) is 5.76 Å². The first kappa shape index (κ1) is 23.0. The Labute approximate surface area is 197 Å². The van der Waals surface area contributed by atoms with E-state index in [1.807, 2.05) is 6.92 Å². The summed E-state index contributed by atoms with van der Waals surface area (Å²) in [6, 6.07) is 13.9. The molecule has 1 aromatic heterocycles. The standard InChI is InChI=1S/C26H25NO7/c1-4-11-33-18-9-7-16(8-10-18)24(28)22-23(21-6-5-12-34-21)27(26(30)25(22)29)17-13-19(31-2)15-20(14-17)32-3/h5-10,12-15,23,28H,4,11H2,1-3H3/b24-22-. The summed E-state index contributed by atoms with van der Waals surface area (Å²) >= 11 is 0. The van der Waals surface area contributed by atoms with Crippen LogP contribution in [0, 0.1) is 0 Å². The highest BCUT2D eigenvalue weighted by Crippen LogP contribution is 2.44. The Morgan fingerprint density at radius 1 is 1.00 bits per heavy atom. The maximum atomic E-state index is 13.2. The molecule has 4 rings (SSSR count). The number of hydrogen-bond acceptors (Lipinski definition) is 7. The first-order valence-corrected chi connectivity index (χ1v) is 10.8. The zero-order valence-electron chi connectivity index (χ0n) is 19.1. The van der Waals surface area contributed by atoms with Crippen molar-refractivity contribution in [3.63, 3.8) is 0 Å². The van der Waals surface area contributed by atoms with Crippen molar-refractivity contribution in [3.05, 3.63) is 77.8 Å². The van der Waals surface area contributed by atoms with E-state index in [0.29, 0.717) is 40.9 Å². The smallest absolute Gasteiger partial charge is 0.300 e. The molecule has 1 saturated heterocycles. The Balaban J connectivity index is 1.84. The maximum Gasteiger partial charge on any atom is 0.300 e. The normalized spacial score (nSPS) is 17.1. The van der Waals surface area contributed by atoms with Crippen LogP contribution in [-0.2, 0) is 9.59 Å². The number of amides is 1. The Bertz CT molecular complexity index is 1190. The van der Waals surface area contributed by atoms with Crippen molar-refractivity contribution < 1.29 is 33.3 Å². The van der Waals surface area contributed by atoms with Gasteiger partial charge in [0.1, 0.15) is 34.8 Å². The molecular weight excluding hydrogens is 438 g/mol. The molecule has 1 aliphatic rings. The van der Waals surface area contributed by atoms with Gasteiger partial charge in [0, 0.05) is 23.8 Å². The second-order valence-corrected chi connectivity index (χ2v) is 7.63. The number of aliphatic hydroxyl groups excluding tert-OH is 1. The van der Waals surface area contributed by atoms with Gasteiger partial charge in [-0.15, -0.1) is 0 Å². The van der Waals surface area contributed by atoms with E-state index < -0.39 is 17.7 Å². The van der Waals surface area contributed by atoms with Crippen LogP contribution in [0.4, 0.5) is 5.69 Å². The molecule has 1 N–H and O–H groups in total. The second kappa shape index (κ2) is 9.74. The number of furan rings is 1. The van der Waals surface area contributed by atoms with Gasteiger partial charge in [0.05, 0.1) is 38.4 Å². The van der Waals surface area contributed by atoms with Crippen LogP contribution in [0.15, 0.2) is 70.9 Å². The van der Waals surface area contributed by atoms with Crippen LogP contribution in [0.1, 0.15) is 30.7 Å². The van der Waals surface area contributed by atoms with Gasteiger partial charge >= 0.3 is 0 Å². The van der Waals surface area contributed by atoms with Crippen LogP contribution in [0.3, 0.4) is 0 Å². The molecule has 2 aromatic carbocycles. The molecule has 8 nitrogen and oxygen atoms in total. The number of carbonyl (C=O) groups is 2. The molecule has 0 spiro atoms. The predicted octanol–water partition coefficient (Wildman–Crippen LogP) is 4.71. The minimum absolute atomic E-state index is 0.0797. The topological polar surface area (TPSA) is 98.4 Å². The Morgan fingerprint density at radius 2 is 1.68 bits per heavy atom. The van der Waals surface area contributed by atoms with Crippen molar-refractivity contribution in [2.75, 3.05) is 25.7 Å². The predicted molar refractivity (Wildman–Crippen MR) is 125 cm³/mol. The van der Waals surface area contributed by atoms with Crippen molar-refractivity contribution in [1.82, 2.24) is 0 Å². The summed E-state index contributed by atoms with van der Waals surface area (Å²) in [5.41, 5.74) is 0.660. The van der Waals surface area contributed by atoms with E-state index in [-0.39, 0.29) is 11.3 Å². The minimum Gasteiger partial charge on any atom is -0.507 e. The number of aliphatic hydroxyl groups is 1. The van der Waals surface area contributed by atoms with E-state index in [0.717, 1.165) is 6.42 Å². The molecule has 0 saturated carbocycles. The van der Waals surface area contributed by atoms with Crippen molar-refractivity contribution in [2.24, 2.45) is 0 Å². The molecule has 34 heavy (non-hydrogen) atoms. The average Bonchev–Trinajstić information content (AvgIpc) is 3.49. The first-order valence-electron chi connectivity index (χ1n) is 10.8. The number of carbonyl (C=O) groups excluding carboxylic acids is 2.